The molecular formula is C17H14ClN. The lowest BCUT2D eigenvalue weighted by Crippen LogP contribution is -1.98. The van der Waals surface area contributed by atoms with E-state index in [1.165, 1.54) is 5.56 Å². The summed E-state index contributed by atoms with van der Waals surface area (Å²) in [5.74, 6) is 0.396. The first-order chi connectivity index (χ1) is 9.33. The second-order valence-electron chi connectivity index (χ2n) is 4.63. The van der Waals surface area contributed by atoms with Gasteiger partial charge in [0.2, 0.25) is 0 Å². The average molecular weight is 268 g/mol. The van der Waals surface area contributed by atoms with Crippen LogP contribution in [0.2, 0.25) is 5.15 Å². The van der Waals surface area contributed by atoms with Crippen LogP contribution in [0.3, 0.4) is 0 Å². The molecular weight excluding hydrogens is 254 g/mol. The lowest BCUT2D eigenvalue weighted by Gasteiger charge is -2.15. The van der Waals surface area contributed by atoms with Gasteiger partial charge < -0.3 is 0 Å². The molecule has 1 heterocycles. The van der Waals surface area contributed by atoms with Crippen molar-refractivity contribution in [3.63, 3.8) is 0 Å². The highest BCUT2D eigenvalue weighted by Crippen LogP contribution is 2.29. The Morgan fingerprint density at radius 1 is 1.05 bits per heavy atom. The smallest absolute Gasteiger partial charge is 0.130 e. The molecule has 0 fully saturated rings. The third-order valence-corrected chi connectivity index (χ3v) is 3.49. The highest BCUT2D eigenvalue weighted by molar-refractivity contribution is 6.29. The molecule has 1 aromatic carbocycles. The summed E-state index contributed by atoms with van der Waals surface area (Å²) in [5.41, 5.74) is 3.26. The van der Waals surface area contributed by atoms with Crippen LogP contribution < -0.4 is 0 Å². The predicted octanol–water partition coefficient (Wildman–Crippen LogP) is 5.00. The van der Waals surface area contributed by atoms with Crippen LogP contribution in [0.15, 0.2) is 66.8 Å². The van der Waals surface area contributed by atoms with Gasteiger partial charge in [0.1, 0.15) is 5.15 Å². The molecule has 0 saturated carbocycles. The van der Waals surface area contributed by atoms with Crippen LogP contribution >= 0.6 is 11.6 Å². The van der Waals surface area contributed by atoms with Crippen molar-refractivity contribution in [2.45, 2.75) is 12.3 Å². The second-order valence-corrected chi connectivity index (χ2v) is 5.02. The zero-order chi connectivity index (χ0) is 13.1. The lowest BCUT2D eigenvalue weighted by molar-refractivity contribution is 0.851. The van der Waals surface area contributed by atoms with Gasteiger partial charge in [0.15, 0.2) is 0 Å². The van der Waals surface area contributed by atoms with E-state index in [0.717, 1.165) is 17.7 Å². The summed E-state index contributed by atoms with van der Waals surface area (Å²) in [5, 5.41) is 0.555. The van der Waals surface area contributed by atoms with Crippen LogP contribution in [-0.4, -0.2) is 4.98 Å². The fraction of sp³-hybridized carbons (Fsp3) is 0.118. The molecule has 1 aromatic heterocycles. The molecule has 1 atom stereocenters. The third kappa shape index (κ3) is 2.77. The van der Waals surface area contributed by atoms with E-state index in [1.807, 2.05) is 24.3 Å². The number of halogens is 1. The Morgan fingerprint density at radius 2 is 1.89 bits per heavy atom. The van der Waals surface area contributed by atoms with Crippen molar-refractivity contribution in [1.82, 2.24) is 4.98 Å². The molecule has 0 radical (unpaired) electrons. The standard InChI is InChI=1S/C17H14ClN/c18-17-12-15(13-7-3-1-4-8-13)11-16(19-17)14-9-5-2-6-10-14/h1-7,9-13H,8H2. The Labute approximate surface area is 118 Å². The topological polar surface area (TPSA) is 12.9 Å². The Kier molecular flexibility index (Phi) is 3.47. The molecule has 1 nitrogen and oxygen atoms in total. The van der Waals surface area contributed by atoms with Gasteiger partial charge in [0.05, 0.1) is 5.69 Å². The van der Waals surface area contributed by atoms with Crippen LogP contribution in [-0.2, 0) is 0 Å². The minimum absolute atomic E-state index is 0.396. The van der Waals surface area contributed by atoms with Gasteiger partial charge in [-0.3, -0.25) is 0 Å². The highest BCUT2D eigenvalue weighted by Gasteiger charge is 2.11. The van der Waals surface area contributed by atoms with Crippen molar-refractivity contribution < 1.29 is 0 Å². The van der Waals surface area contributed by atoms with Crippen LogP contribution in [0, 0.1) is 0 Å². The maximum atomic E-state index is 6.17. The van der Waals surface area contributed by atoms with Crippen LogP contribution in [0.5, 0.6) is 0 Å². The fourth-order valence-corrected chi connectivity index (χ4v) is 2.53. The Hall–Kier alpha value is -1.86. The maximum absolute atomic E-state index is 6.17. The van der Waals surface area contributed by atoms with E-state index >= 15 is 0 Å². The van der Waals surface area contributed by atoms with Crippen molar-refractivity contribution in [3.05, 3.63) is 77.5 Å². The molecule has 2 aromatic rings. The molecule has 19 heavy (non-hydrogen) atoms. The highest BCUT2D eigenvalue weighted by atomic mass is 35.5. The first kappa shape index (κ1) is 12.2. The van der Waals surface area contributed by atoms with E-state index in [9.17, 15) is 0 Å². The van der Waals surface area contributed by atoms with Gasteiger partial charge in [0, 0.05) is 11.5 Å². The number of nitrogens with zero attached hydrogens (tertiary/aromatic N) is 1. The minimum Gasteiger partial charge on any atom is -0.236 e. The van der Waals surface area contributed by atoms with Crippen LogP contribution in [0.25, 0.3) is 11.3 Å². The summed E-state index contributed by atoms with van der Waals surface area (Å²) in [4.78, 5) is 4.42. The Balaban J connectivity index is 2.01. The first-order valence-corrected chi connectivity index (χ1v) is 6.77. The predicted molar refractivity (Wildman–Crippen MR) is 80.3 cm³/mol. The molecule has 0 saturated heterocycles. The molecule has 0 aliphatic heterocycles. The quantitative estimate of drug-likeness (QED) is 0.698. The molecule has 2 heteroatoms. The molecule has 0 amide bonds. The van der Waals surface area contributed by atoms with E-state index in [1.54, 1.807) is 0 Å². The minimum atomic E-state index is 0.396. The number of rotatable bonds is 2. The summed E-state index contributed by atoms with van der Waals surface area (Å²) >= 11 is 6.17. The average Bonchev–Trinajstić information content (AvgIpc) is 2.48. The van der Waals surface area contributed by atoms with E-state index in [2.05, 4.69) is 47.5 Å². The molecule has 94 valence electrons. The van der Waals surface area contributed by atoms with E-state index in [-0.39, 0.29) is 0 Å². The summed E-state index contributed by atoms with van der Waals surface area (Å²) in [7, 11) is 0. The summed E-state index contributed by atoms with van der Waals surface area (Å²) in [6.45, 7) is 0. The molecule has 1 unspecified atom stereocenters. The van der Waals surface area contributed by atoms with Crippen LogP contribution in [0.1, 0.15) is 17.9 Å². The normalized spacial score (nSPS) is 17.6. The molecule has 1 aliphatic carbocycles. The van der Waals surface area contributed by atoms with Crippen molar-refractivity contribution in [2.24, 2.45) is 0 Å². The molecule has 0 spiro atoms. The number of aromatic nitrogens is 1. The van der Waals surface area contributed by atoms with E-state index in [0.29, 0.717) is 11.1 Å². The Morgan fingerprint density at radius 3 is 2.63 bits per heavy atom. The third-order valence-electron chi connectivity index (χ3n) is 3.29. The second kappa shape index (κ2) is 5.41. The zero-order valence-corrected chi connectivity index (χ0v) is 11.2. The van der Waals surface area contributed by atoms with Crippen molar-refractivity contribution in [1.29, 1.82) is 0 Å². The summed E-state index contributed by atoms with van der Waals surface area (Å²) < 4.78 is 0. The maximum Gasteiger partial charge on any atom is 0.130 e. The van der Waals surface area contributed by atoms with Gasteiger partial charge in [0.25, 0.3) is 0 Å². The number of allylic oxidation sites excluding steroid dienone is 4. The van der Waals surface area contributed by atoms with Crippen molar-refractivity contribution in [2.75, 3.05) is 0 Å². The first-order valence-electron chi connectivity index (χ1n) is 6.39. The van der Waals surface area contributed by atoms with Crippen molar-refractivity contribution >= 4 is 11.6 Å². The number of benzene rings is 1. The number of pyridine rings is 1. The van der Waals surface area contributed by atoms with E-state index < -0.39 is 0 Å². The monoisotopic (exact) mass is 267 g/mol. The van der Waals surface area contributed by atoms with Crippen LogP contribution in [0.4, 0.5) is 0 Å². The summed E-state index contributed by atoms with van der Waals surface area (Å²) in [6.07, 6.45) is 9.58. The van der Waals surface area contributed by atoms with Gasteiger partial charge in [-0.15, -0.1) is 0 Å². The van der Waals surface area contributed by atoms with E-state index in [4.69, 9.17) is 11.6 Å². The SMILES string of the molecule is Clc1cc(C2C=CC=CC2)cc(-c2ccccc2)n1. The molecule has 0 bridgehead atoms. The van der Waals surface area contributed by atoms with Gasteiger partial charge in [-0.1, -0.05) is 66.2 Å². The van der Waals surface area contributed by atoms with Gasteiger partial charge in [-0.25, -0.2) is 4.98 Å². The van der Waals surface area contributed by atoms with Crippen molar-refractivity contribution in [3.8, 4) is 11.3 Å². The fourth-order valence-electron chi connectivity index (χ4n) is 2.32. The molecule has 3 rings (SSSR count). The lowest BCUT2D eigenvalue weighted by atomic mass is 9.92. The van der Waals surface area contributed by atoms with Gasteiger partial charge in [-0.05, 0) is 24.1 Å². The molecule has 0 N–H and O–H groups in total. The van der Waals surface area contributed by atoms with Gasteiger partial charge >= 0.3 is 0 Å². The number of hydrogen-bond acceptors (Lipinski definition) is 1. The number of hydrogen-bond donors (Lipinski definition) is 0. The molecule has 1 aliphatic rings. The summed E-state index contributed by atoms with van der Waals surface area (Å²) in [6, 6.07) is 14.2. The largest absolute Gasteiger partial charge is 0.236 e. The zero-order valence-electron chi connectivity index (χ0n) is 10.5. The Bertz CT molecular complexity index is 629. The van der Waals surface area contributed by atoms with Gasteiger partial charge in [-0.2, -0.15) is 0 Å².